The van der Waals surface area contributed by atoms with Crippen molar-refractivity contribution in [2.45, 2.75) is 0 Å². The minimum Gasteiger partial charge on any atom is -0.786 e. The largest absolute Gasteiger partial charge is 2.00 e. The third kappa shape index (κ3) is 10.3. The molecule has 0 aliphatic rings. The molecule has 0 aliphatic carbocycles. The van der Waals surface area contributed by atoms with Gasteiger partial charge < -0.3 is 13.9 Å². The fourth-order valence-electron chi connectivity index (χ4n) is 0.264. The normalized spacial score (nSPS) is 8.91. The predicted octanol–water partition coefficient (Wildman–Crippen LogP) is 0.976. The van der Waals surface area contributed by atoms with E-state index >= 15 is 0 Å². The van der Waals surface area contributed by atoms with Gasteiger partial charge in [0.25, 0.3) is 0 Å². The first kappa shape index (κ1) is 13.9. The van der Waals surface area contributed by atoms with Crippen LogP contribution in [0.3, 0.4) is 0 Å². The van der Waals surface area contributed by atoms with E-state index in [9.17, 15) is 4.89 Å². The van der Waals surface area contributed by atoms with E-state index in [1.165, 1.54) is 12.2 Å². The Labute approximate surface area is 78.3 Å². The Bertz CT molecular complexity index is 98.0. The van der Waals surface area contributed by atoms with Crippen LogP contribution in [0.5, 0.6) is 0 Å². The van der Waals surface area contributed by atoms with Crippen LogP contribution < -0.4 is 4.89 Å². The molecule has 0 N–H and O–H groups in total. The van der Waals surface area contributed by atoms with Gasteiger partial charge in [-0.05, 0) is 0 Å². The van der Waals surface area contributed by atoms with E-state index in [0.29, 0.717) is 0 Å². The molecule has 0 rings (SSSR count). The van der Waals surface area contributed by atoms with Gasteiger partial charge in [0.05, 0.1) is 21.8 Å². The Morgan fingerprint density at radius 2 is 1.55 bits per heavy atom. The molecular formula is C6H10CoO3P+. The van der Waals surface area contributed by atoms with Gasteiger partial charge in [0.15, 0.2) is 0 Å². The minimum absolute atomic E-state index is 0. The zero-order valence-corrected chi connectivity index (χ0v) is 7.92. The monoisotopic (exact) mass is 220 g/mol. The van der Waals surface area contributed by atoms with Crippen molar-refractivity contribution in [2.75, 3.05) is 13.2 Å². The van der Waals surface area contributed by atoms with Crippen molar-refractivity contribution in [3.05, 3.63) is 25.3 Å². The molecule has 0 aromatic rings. The summed E-state index contributed by atoms with van der Waals surface area (Å²) in [5.74, 6) is 0. The van der Waals surface area contributed by atoms with E-state index < -0.39 is 8.60 Å². The molecule has 0 fully saturated rings. The molecule has 0 saturated heterocycles. The van der Waals surface area contributed by atoms with Gasteiger partial charge in [-0.1, -0.05) is 12.2 Å². The van der Waals surface area contributed by atoms with Crippen LogP contribution in [0.1, 0.15) is 0 Å². The Kier molecular flexibility index (Phi) is 13.0. The fraction of sp³-hybridized carbons (Fsp3) is 0.333. The van der Waals surface area contributed by atoms with Gasteiger partial charge in [-0.25, -0.2) is 0 Å². The molecule has 0 bridgehead atoms. The Morgan fingerprint density at radius 1 is 1.18 bits per heavy atom. The van der Waals surface area contributed by atoms with Crippen molar-refractivity contribution in [3.8, 4) is 0 Å². The molecule has 0 saturated carbocycles. The van der Waals surface area contributed by atoms with Crippen LogP contribution in [-0.4, -0.2) is 13.2 Å². The zero-order chi connectivity index (χ0) is 7.82. The summed E-state index contributed by atoms with van der Waals surface area (Å²) in [7, 11) is -1.98. The first-order chi connectivity index (χ1) is 4.81. The second-order valence-corrected chi connectivity index (χ2v) is 2.36. The Morgan fingerprint density at radius 3 is 1.82 bits per heavy atom. The molecule has 0 aromatic heterocycles. The van der Waals surface area contributed by atoms with Crippen LogP contribution in [0.25, 0.3) is 0 Å². The molecular weight excluding hydrogens is 210 g/mol. The maximum atomic E-state index is 10.6. The molecule has 5 heteroatoms. The van der Waals surface area contributed by atoms with Crippen molar-refractivity contribution in [1.82, 2.24) is 0 Å². The molecule has 0 spiro atoms. The minimum atomic E-state index is -1.98. The number of hydrogen-bond acceptors (Lipinski definition) is 3. The quantitative estimate of drug-likeness (QED) is 0.494. The molecule has 1 radical (unpaired) electrons. The average molecular weight is 220 g/mol. The topological polar surface area (TPSA) is 41.5 Å². The van der Waals surface area contributed by atoms with E-state index in [1.54, 1.807) is 0 Å². The molecule has 0 unspecified atom stereocenters. The molecule has 3 nitrogen and oxygen atoms in total. The van der Waals surface area contributed by atoms with E-state index in [2.05, 4.69) is 22.2 Å². The molecule has 0 atom stereocenters. The summed E-state index contributed by atoms with van der Waals surface area (Å²) < 4.78 is 9.23. The Balaban J connectivity index is 0. The first-order valence-corrected chi connectivity index (χ1v) is 3.85. The van der Waals surface area contributed by atoms with Crippen LogP contribution in [0.15, 0.2) is 25.3 Å². The molecule has 0 heterocycles. The van der Waals surface area contributed by atoms with Crippen molar-refractivity contribution in [3.63, 3.8) is 0 Å². The molecule has 0 aromatic carbocycles. The zero-order valence-electron chi connectivity index (χ0n) is 5.99. The van der Waals surface area contributed by atoms with Gasteiger partial charge in [-0.2, -0.15) is 0 Å². The molecule has 65 valence electrons. The van der Waals surface area contributed by atoms with E-state index in [0.717, 1.165) is 0 Å². The second-order valence-electron chi connectivity index (χ2n) is 1.39. The van der Waals surface area contributed by atoms with Crippen LogP contribution in [0, 0.1) is 0 Å². The van der Waals surface area contributed by atoms with Gasteiger partial charge >= 0.3 is 16.8 Å². The number of rotatable bonds is 6. The maximum Gasteiger partial charge on any atom is 2.00 e. The average Bonchev–Trinajstić information content (AvgIpc) is 1.97. The first-order valence-electron chi connectivity index (χ1n) is 2.76. The molecule has 0 aliphatic heterocycles. The van der Waals surface area contributed by atoms with Crippen molar-refractivity contribution >= 4 is 8.60 Å². The van der Waals surface area contributed by atoms with Crippen molar-refractivity contribution in [2.24, 2.45) is 0 Å². The fourth-order valence-corrected chi connectivity index (χ4v) is 0.793. The van der Waals surface area contributed by atoms with Crippen LogP contribution >= 0.6 is 8.60 Å². The molecule has 11 heavy (non-hydrogen) atoms. The van der Waals surface area contributed by atoms with Crippen LogP contribution in [0.4, 0.5) is 0 Å². The maximum absolute atomic E-state index is 10.6. The summed E-state index contributed by atoms with van der Waals surface area (Å²) in [6.07, 6.45) is 3.01. The summed E-state index contributed by atoms with van der Waals surface area (Å²) in [4.78, 5) is 10.6. The van der Waals surface area contributed by atoms with Crippen molar-refractivity contribution < 1.29 is 30.7 Å². The van der Waals surface area contributed by atoms with E-state index in [-0.39, 0.29) is 30.0 Å². The molecule has 0 amide bonds. The van der Waals surface area contributed by atoms with Crippen LogP contribution in [-0.2, 0) is 25.8 Å². The van der Waals surface area contributed by atoms with Crippen molar-refractivity contribution in [1.29, 1.82) is 0 Å². The third-order valence-electron chi connectivity index (χ3n) is 0.596. The summed E-state index contributed by atoms with van der Waals surface area (Å²) in [5, 5.41) is 0. The second kappa shape index (κ2) is 10.3. The predicted molar refractivity (Wildman–Crippen MR) is 39.2 cm³/mol. The van der Waals surface area contributed by atoms with Gasteiger partial charge in [0, 0.05) is 0 Å². The Hall–Kier alpha value is 0.296. The summed E-state index contributed by atoms with van der Waals surface area (Å²) in [5.41, 5.74) is 0. The van der Waals surface area contributed by atoms with Gasteiger partial charge in [-0.15, -0.1) is 13.2 Å². The summed E-state index contributed by atoms with van der Waals surface area (Å²) in [6.45, 7) is 7.25. The smallest absolute Gasteiger partial charge is 0.786 e. The van der Waals surface area contributed by atoms with Gasteiger partial charge in [0.1, 0.15) is 0 Å². The standard InChI is InChI=1S/C6H10O3P.Co/c1-3-5-8-10(7)9-6-4-2;/h3-4H,1-2,5-6H2;/q-1;+2. The third-order valence-corrected chi connectivity index (χ3v) is 1.32. The SMILES string of the molecule is C=CCOP([O-])OCC=C.[Co+2]. The van der Waals surface area contributed by atoms with E-state index in [4.69, 9.17) is 0 Å². The van der Waals surface area contributed by atoms with Gasteiger partial charge in [-0.3, -0.25) is 0 Å². The van der Waals surface area contributed by atoms with Crippen LogP contribution in [0.2, 0.25) is 0 Å². The van der Waals surface area contributed by atoms with E-state index in [1.807, 2.05) is 0 Å². The summed E-state index contributed by atoms with van der Waals surface area (Å²) in [6, 6.07) is 0. The summed E-state index contributed by atoms with van der Waals surface area (Å²) >= 11 is 0. The number of hydrogen-bond donors (Lipinski definition) is 0. The van der Waals surface area contributed by atoms with Gasteiger partial charge in [0.2, 0.25) is 0 Å².